The maximum atomic E-state index is 11.9. The third-order valence-corrected chi connectivity index (χ3v) is 4.96. The molecule has 0 N–H and O–H groups in total. The van der Waals surface area contributed by atoms with E-state index in [-0.39, 0.29) is 5.75 Å². The molecule has 0 amide bonds. The van der Waals surface area contributed by atoms with Gasteiger partial charge in [0.2, 0.25) is 0 Å². The molecule has 2 nitrogen and oxygen atoms in total. The van der Waals surface area contributed by atoms with Crippen LogP contribution in [0.15, 0.2) is 17.0 Å². The highest BCUT2D eigenvalue weighted by molar-refractivity contribution is 7.91. The van der Waals surface area contributed by atoms with E-state index >= 15 is 0 Å². The Morgan fingerprint density at radius 2 is 1.69 bits per heavy atom. The highest BCUT2D eigenvalue weighted by atomic mass is 35.5. The van der Waals surface area contributed by atoms with Gasteiger partial charge in [-0.05, 0) is 43.5 Å². The zero-order chi connectivity index (χ0) is 12.3. The summed E-state index contributed by atoms with van der Waals surface area (Å²) >= 11 is 11.5. The lowest BCUT2D eigenvalue weighted by atomic mass is 10.2. The lowest BCUT2D eigenvalue weighted by Crippen LogP contribution is -2.08. The lowest BCUT2D eigenvalue weighted by Gasteiger charge is -2.08. The summed E-state index contributed by atoms with van der Waals surface area (Å²) in [5.41, 5.74) is 1.57. The number of hydrogen-bond acceptors (Lipinski definition) is 2. The van der Waals surface area contributed by atoms with Gasteiger partial charge in [-0.2, -0.15) is 0 Å². The third-order valence-electron chi connectivity index (χ3n) is 2.32. The van der Waals surface area contributed by atoms with Crippen molar-refractivity contribution in [2.75, 3.05) is 11.6 Å². The van der Waals surface area contributed by atoms with E-state index in [9.17, 15) is 8.42 Å². The van der Waals surface area contributed by atoms with Crippen LogP contribution in [-0.4, -0.2) is 20.1 Å². The molecule has 0 atom stereocenters. The summed E-state index contributed by atoms with van der Waals surface area (Å²) in [7, 11) is -3.23. The summed E-state index contributed by atoms with van der Waals surface area (Å²) in [4.78, 5) is 0.331. The molecule has 90 valence electrons. The van der Waals surface area contributed by atoms with Crippen molar-refractivity contribution in [2.45, 2.75) is 25.2 Å². The average molecular weight is 281 g/mol. The van der Waals surface area contributed by atoms with Gasteiger partial charge in [-0.1, -0.05) is 11.6 Å². The van der Waals surface area contributed by atoms with Crippen LogP contribution in [0.1, 0.15) is 17.5 Å². The summed E-state index contributed by atoms with van der Waals surface area (Å²) in [5, 5.41) is 0.622. The van der Waals surface area contributed by atoms with Gasteiger partial charge in [0.15, 0.2) is 9.84 Å². The van der Waals surface area contributed by atoms with E-state index in [0.717, 1.165) is 11.1 Å². The van der Waals surface area contributed by atoms with Crippen LogP contribution < -0.4 is 0 Å². The minimum Gasteiger partial charge on any atom is -0.224 e. The van der Waals surface area contributed by atoms with Crippen LogP contribution in [0.25, 0.3) is 0 Å². The molecule has 16 heavy (non-hydrogen) atoms. The van der Waals surface area contributed by atoms with Crippen molar-refractivity contribution >= 4 is 33.0 Å². The Morgan fingerprint density at radius 1 is 1.19 bits per heavy atom. The predicted molar refractivity (Wildman–Crippen MR) is 68.3 cm³/mol. The molecule has 1 rings (SSSR count). The molecule has 0 aliphatic heterocycles. The number of sulfone groups is 1. The molecule has 0 aliphatic carbocycles. The number of hydrogen-bond donors (Lipinski definition) is 0. The molecule has 0 radical (unpaired) electrons. The van der Waals surface area contributed by atoms with Gasteiger partial charge >= 0.3 is 0 Å². The van der Waals surface area contributed by atoms with Crippen molar-refractivity contribution in [3.63, 3.8) is 0 Å². The predicted octanol–water partition coefficient (Wildman–Crippen LogP) is 3.36. The molecule has 0 spiro atoms. The van der Waals surface area contributed by atoms with Crippen molar-refractivity contribution in [1.82, 2.24) is 0 Å². The number of aryl methyl sites for hydroxylation is 2. The molecule has 5 heteroatoms. The standard InChI is InChI=1S/C11H14Cl2O2S/c1-8-6-10(7-9(2)11(8)13)16(14,15)5-3-4-12/h6-7H,3-5H2,1-2H3. The number of alkyl halides is 1. The third kappa shape index (κ3) is 3.12. The SMILES string of the molecule is Cc1cc(S(=O)(=O)CCCCl)cc(C)c1Cl. The lowest BCUT2D eigenvalue weighted by molar-refractivity contribution is 0.594. The molecule has 0 aromatic heterocycles. The van der Waals surface area contributed by atoms with Gasteiger partial charge in [0.05, 0.1) is 10.6 Å². The van der Waals surface area contributed by atoms with Crippen LogP contribution in [0, 0.1) is 13.8 Å². The molecule has 1 aromatic rings. The van der Waals surface area contributed by atoms with Gasteiger partial charge in [0.1, 0.15) is 0 Å². The normalized spacial score (nSPS) is 11.8. The molecule has 0 unspecified atom stereocenters. The van der Waals surface area contributed by atoms with Crippen LogP contribution in [0.2, 0.25) is 5.02 Å². The van der Waals surface area contributed by atoms with E-state index in [1.807, 2.05) is 0 Å². The van der Waals surface area contributed by atoms with Crippen molar-refractivity contribution in [1.29, 1.82) is 0 Å². The van der Waals surface area contributed by atoms with Crippen LogP contribution in [0.4, 0.5) is 0 Å². The van der Waals surface area contributed by atoms with Crippen LogP contribution >= 0.6 is 23.2 Å². The minimum atomic E-state index is -3.23. The molecule has 0 saturated carbocycles. The Morgan fingerprint density at radius 3 is 2.12 bits per heavy atom. The zero-order valence-electron chi connectivity index (χ0n) is 9.26. The quantitative estimate of drug-likeness (QED) is 0.793. The first-order valence-corrected chi connectivity index (χ1v) is 7.50. The van der Waals surface area contributed by atoms with Gasteiger partial charge < -0.3 is 0 Å². The Hall–Kier alpha value is -0.250. The van der Waals surface area contributed by atoms with Gasteiger partial charge in [-0.3, -0.25) is 0 Å². The Kier molecular flexibility index (Phi) is 4.65. The van der Waals surface area contributed by atoms with Crippen LogP contribution in [-0.2, 0) is 9.84 Å². The minimum absolute atomic E-state index is 0.0804. The van der Waals surface area contributed by atoms with Crippen LogP contribution in [0.3, 0.4) is 0 Å². The van der Waals surface area contributed by atoms with E-state index in [1.54, 1.807) is 26.0 Å². The zero-order valence-corrected chi connectivity index (χ0v) is 11.6. The largest absolute Gasteiger partial charge is 0.224 e. The first-order valence-electron chi connectivity index (χ1n) is 4.94. The first-order chi connectivity index (χ1) is 7.38. The van der Waals surface area contributed by atoms with Gasteiger partial charge in [0.25, 0.3) is 0 Å². The molecule has 1 aromatic carbocycles. The van der Waals surface area contributed by atoms with Crippen molar-refractivity contribution in [2.24, 2.45) is 0 Å². The summed E-state index contributed by atoms with van der Waals surface area (Å²) in [6, 6.07) is 3.22. The average Bonchev–Trinajstić information content (AvgIpc) is 2.22. The highest BCUT2D eigenvalue weighted by Gasteiger charge is 2.16. The van der Waals surface area contributed by atoms with E-state index in [0.29, 0.717) is 22.2 Å². The molecule has 0 bridgehead atoms. The van der Waals surface area contributed by atoms with Crippen LogP contribution in [0.5, 0.6) is 0 Å². The molecular formula is C11H14Cl2O2S. The number of halogens is 2. The second-order valence-corrected chi connectivity index (χ2v) is 6.60. The molecule has 0 saturated heterocycles. The van der Waals surface area contributed by atoms with Crippen molar-refractivity contribution < 1.29 is 8.42 Å². The van der Waals surface area contributed by atoms with Gasteiger partial charge in [-0.15, -0.1) is 11.6 Å². The highest BCUT2D eigenvalue weighted by Crippen LogP contribution is 2.25. The summed E-state index contributed by atoms with van der Waals surface area (Å²) in [6.45, 7) is 3.60. The fraction of sp³-hybridized carbons (Fsp3) is 0.455. The summed E-state index contributed by atoms with van der Waals surface area (Å²) in [6.07, 6.45) is 0.463. The molecular weight excluding hydrogens is 267 g/mol. The fourth-order valence-corrected chi connectivity index (χ4v) is 3.32. The first kappa shape index (κ1) is 13.8. The van der Waals surface area contributed by atoms with E-state index < -0.39 is 9.84 Å². The summed E-state index contributed by atoms with van der Waals surface area (Å²) in [5.74, 6) is 0.432. The topological polar surface area (TPSA) is 34.1 Å². The Bertz CT molecular complexity index is 458. The van der Waals surface area contributed by atoms with E-state index in [2.05, 4.69) is 0 Å². The monoisotopic (exact) mass is 280 g/mol. The van der Waals surface area contributed by atoms with Crippen molar-refractivity contribution in [3.05, 3.63) is 28.3 Å². The summed E-state index contributed by atoms with van der Waals surface area (Å²) < 4.78 is 23.8. The van der Waals surface area contributed by atoms with Gasteiger partial charge in [0, 0.05) is 10.9 Å². The maximum Gasteiger partial charge on any atom is 0.178 e. The maximum absolute atomic E-state index is 11.9. The molecule has 0 aliphatic rings. The second kappa shape index (κ2) is 5.39. The fourth-order valence-electron chi connectivity index (χ4n) is 1.45. The molecule has 0 fully saturated rings. The molecule has 0 heterocycles. The van der Waals surface area contributed by atoms with Crippen molar-refractivity contribution in [3.8, 4) is 0 Å². The number of rotatable bonds is 4. The van der Waals surface area contributed by atoms with E-state index in [1.165, 1.54) is 0 Å². The smallest absolute Gasteiger partial charge is 0.178 e. The van der Waals surface area contributed by atoms with Gasteiger partial charge in [-0.25, -0.2) is 8.42 Å². The Balaban J connectivity index is 3.14. The van der Waals surface area contributed by atoms with E-state index in [4.69, 9.17) is 23.2 Å². The number of benzene rings is 1. The Labute approximate surface area is 106 Å². The second-order valence-electron chi connectivity index (χ2n) is 3.73.